The van der Waals surface area contributed by atoms with Crippen LogP contribution in [0.3, 0.4) is 0 Å². The molecule has 0 spiro atoms. The average Bonchev–Trinajstić information content (AvgIpc) is 2.62. The zero-order valence-corrected chi connectivity index (χ0v) is 18.2. The number of carbonyl (C=O) groups is 2. The summed E-state index contributed by atoms with van der Waals surface area (Å²) in [6.45, 7) is 4.19. The van der Waals surface area contributed by atoms with Gasteiger partial charge in [0.1, 0.15) is 13.2 Å². The lowest BCUT2D eigenvalue weighted by Gasteiger charge is -2.09. The number of amides is 2. The van der Waals surface area contributed by atoms with E-state index >= 15 is 0 Å². The van der Waals surface area contributed by atoms with Crippen LogP contribution in [-0.2, 0) is 19.1 Å². The number of hydrogen-bond acceptors (Lipinski definition) is 6. The van der Waals surface area contributed by atoms with E-state index in [0.29, 0.717) is 26.3 Å². The maximum Gasteiger partial charge on any atom is 0.246 e. The van der Waals surface area contributed by atoms with Crippen molar-refractivity contribution in [2.75, 3.05) is 80.8 Å². The fraction of sp³-hybridized carbons (Fsp3) is 0.800. The third kappa shape index (κ3) is 20.8. The third-order valence-corrected chi connectivity index (χ3v) is 3.77. The molecule has 2 amide bonds. The number of hydrogen-bond donors (Lipinski definition) is 2. The largest absolute Gasteiger partial charge is 0.368 e. The van der Waals surface area contributed by atoms with Crippen molar-refractivity contribution in [3.05, 3.63) is 12.2 Å². The SMILES string of the molecule is CN(C)CCCCNC(=O)COC/C=C/COCC(=O)NCCCCN(C)C. The Hall–Kier alpha value is -1.48. The van der Waals surface area contributed by atoms with Gasteiger partial charge in [-0.05, 0) is 67.0 Å². The molecule has 0 saturated carbocycles. The molecule has 28 heavy (non-hydrogen) atoms. The molecule has 0 aromatic rings. The molecule has 0 rings (SSSR count). The molecule has 0 aromatic heterocycles. The number of unbranched alkanes of at least 4 members (excludes halogenated alkanes) is 2. The first-order valence-corrected chi connectivity index (χ1v) is 10.0. The van der Waals surface area contributed by atoms with Gasteiger partial charge < -0.3 is 29.9 Å². The molecule has 0 aliphatic carbocycles. The monoisotopic (exact) mass is 400 g/mol. The molecule has 164 valence electrons. The van der Waals surface area contributed by atoms with E-state index in [1.807, 2.05) is 28.2 Å². The summed E-state index contributed by atoms with van der Waals surface area (Å²) < 4.78 is 10.5. The van der Waals surface area contributed by atoms with E-state index in [4.69, 9.17) is 9.47 Å². The van der Waals surface area contributed by atoms with Crippen LogP contribution in [0.5, 0.6) is 0 Å². The van der Waals surface area contributed by atoms with Crippen LogP contribution in [-0.4, -0.2) is 102 Å². The molecular formula is C20H40N4O4. The van der Waals surface area contributed by atoms with Gasteiger partial charge >= 0.3 is 0 Å². The zero-order chi connectivity index (χ0) is 21.0. The van der Waals surface area contributed by atoms with E-state index in [1.165, 1.54) is 0 Å². The smallest absolute Gasteiger partial charge is 0.246 e. The third-order valence-electron chi connectivity index (χ3n) is 3.77. The second kappa shape index (κ2) is 18.9. The Morgan fingerprint density at radius 3 is 1.46 bits per heavy atom. The van der Waals surface area contributed by atoms with Crippen molar-refractivity contribution in [1.82, 2.24) is 20.4 Å². The Labute approximate surface area is 170 Å². The highest BCUT2D eigenvalue weighted by Gasteiger charge is 2.01. The van der Waals surface area contributed by atoms with Gasteiger partial charge in [0, 0.05) is 13.1 Å². The van der Waals surface area contributed by atoms with Crippen LogP contribution in [0, 0.1) is 0 Å². The van der Waals surface area contributed by atoms with Crippen LogP contribution in [0.15, 0.2) is 12.2 Å². The minimum Gasteiger partial charge on any atom is -0.368 e. The summed E-state index contributed by atoms with van der Waals surface area (Å²) in [6, 6.07) is 0. The molecular weight excluding hydrogens is 360 g/mol. The summed E-state index contributed by atoms with van der Waals surface area (Å²) in [6.07, 6.45) is 7.61. The van der Waals surface area contributed by atoms with Crippen molar-refractivity contribution in [2.45, 2.75) is 25.7 Å². The topological polar surface area (TPSA) is 83.1 Å². The maximum atomic E-state index is 11.6. The molecule has 0 saturated heterocycles. The lowest BCUT2D eigenvalue weighted by Crippen LogP contribution is -2.29. The van der Waals surface area contributed by atoms with E-state index < -0.39 is 0 Å². The number of ether oxygens (including phenoxy) is 2. The van der Waals surface area contributed by atoms with Gasteiger partial charge in [-0.2, -0.15) is 0 Å². The van der Waals surface area contributed by atoms with E-state index in [-0.39, 0.29) is 25.0 Å². The first-order valence-electron chi connectivity index (χ1n) is 10.0. The first-order chi connectivity index (χ1) is 13.4. The molecule has 2 N–H and O–H groups in total. The van der Waals surface area contributed by atoms with Crippen LogP contribution in [0.25, 0.3) is 0 Å². The van der Waals surface area contributed by atoms with Crippen molar-refractivity contribution in [3.63, 3.8) is 0 Å². The van der Waals surface area contributed by atoms with Crippen LogP contribution >= 0.6 is 0 Å². The molecule has 0 heterocycles. The minimum atomic E-state index is -0.100. The van der Waals surface area contributed by atoms with Gasteiger partial charge in [-0.1, -0.05) is 12.2 Å². The predicted octanol–water partition coefficient (Wildman–Crippen LogP) is 0.492. The molecule has 0 aromatic carbocycles. The molecule has 8 nitrogen and oxygen atoms in total. The van der Waals surface area contributed by atoms with Crippen molar-refractivity contribution in [2.24, 2.45) is 0 Å². The molecule has 0 aliphatic rings. The number of carbonyl (C=O) groups excluding carboxylic acids is 2. The Morgan fingerprint density at radius 2 is 1.11 bits per heavy atom. The summed E-state index contributed by atoms with van der Waals surface area (Å²) in [5, 5.41) is 5.66. The van der Waals surface area contributed by atoms with Crippen molar-refractivity contribution in [3.8, 4) is 0 Å². The predicted molar refractivity (Wildman–Crippen MR) is 112 cm³/mol. The minimum absolute atomic E-state index is 0.0507. The quantitative estimate of drug-likeness (QED) is 0.257. The highest BCUT2D eigenvalue weighted by atomic mass is 16.5. The van der Waals surface area contributed by atoms with Gasteiger partial charge in [0.2, 0.25) is 11.8 Å². The first kappa shape index (κ1) is 26.5. The van der Waals surface area contributed by atoms with Crippen LogP contribution in [0.2, 0.25) is 0 Å². The Morgan fingerprint density at radius 1 is 0.714 bits per heavy atom. The lowest BCUT2D eigenvalue weighted by atomic mass is 10.3. The Bertz CT molecular complexity index is 390. The van der Waals surface area contributed by atoms with Crippen LogP contribution in [0.4, 0.5) is 0 Å². The molecule has 0 unspecified atom stereocenters. The fourth-order valence-electron chi connectivity index (χ4n) is 2.24. The van der Waals surface area contributed by atoms with Crippen molar-refractivity contribution >= 4 is 11.8 Å². The van der Waals surface area contributed by atoms with Gasteiger partial charge in [-0.25, -0.2) is 0 Å². The molecule has 8 heteroatoms. The van der Waals surface area contributed by atoms with Gasteiger partial charge in [-0.3, -0.25) is 9.59 Å². The number of nitrogens with one attached hydrogen (secondary N) is 2. The normalized spacial score (nSPS) is 11.5. The molecule has 0 radical (unpaired) electrons. The van der Waals surface area contributed by atoms with Gasteiger partial charge in [0.25, 0.3) is 0 Å². The van der Waals surface area contributed by atoms with Crippen molar-refractivity contribution < 1.29 is 19.1 Å². The summed E-state index contributed by atoms with van der Waals surface area (Å²) >= 11 is 0. The summed E-state index contributed by atoms with van der Waals surface area (Å²) in [7, 11) is 8.14. The molecule has 0 aliphatic heterocycles. The standard InChI is InChI=1S/C20H40N4O4/c1-23(2)13-7-5-11-21-19(25)17-27-15-9-10-16-28-18-20(26)22-12-6-8-14-24(3)4/h9-10H,5-8,11-18H2,1-4H3,(H,21,25)(H,22,26)/b10-9+. The highest BCUT2D eigenvalue weighted by molar-refractivity contribution is 5.77. The second-order valence-electron chi connectivity index (χ2n) is 7.22. The summed E-state index contributed by atoms with van der Waals surface area (Å²) in [4.78, 5) is 27.4. The Balaban J connectivity index is 3.41. The van der Waals surface area contributed by atoms with Crippen LogP contribution < -0.4 is 10.6 Å². The zero-order valence-electron chi connectivity index (χ0n) is 18.2. The molecule has 0 fully saturated rings. The summed E-state index contributed by atoms with van der Waals surface area (Å²) in [5.74, 6) is -0.200. The summed E-state index contributed by atoms with van der Waals surface area (Å²) in [5.41, 5.74) is 0. The molecule has 0 bridgehead atoms. The second-order valence-corrected chi connectivity index (χ2v) is 7.22. The van der Waals surface area contributed by atoms with Crippen molar-refractivity contribution in [1.29, 1.82) is 0 Å². The van der Waals surface area contributed by atoms with Crippen LogP contribution in [0.1, 0.15) is 25.7 Å². The number of rotatable bonds is 18. The van der Waals surface area contributed by atoms with Gasteiger partial charge in [-0.15, -0.1) is 0 Å². The fourth-order valence-corrected chi connectivity index (χ4v) is 2.24. The van der Waals surface area contributed by atoms with E-state index in [2.05, 4.69) is 20.4 Å². The van der Waals surface area contributed by atoms with E-state index in [9.17, 15) is 9.59 Å². The highest BCUT2D eigenvalue weighted by Crippen LogP contribution is 1.90. The molecule has 0 atom stereocenters. The Kier molecular flexibility index (Phi) is 17.9. The van der Waals surface area contributed by atoms with E-state index in [0.717, 1.165) is 38.8 Å². The lowest BCUT2D eigenvalue weighted by molar-refractivity contribution is -0.126. The van der Waals surface area contributed by atoms with Gasteiger partial charge in [0.05, 0.1) is 13.2 Å². The van der Waals surface area contributed by atoms with Gasteiger partial charge in [0.15, 0.2) is 0 Å². The van der Waals surface area contributed by atoms with E-state index in [1.54, 1.807) is 12.2 Å². The maximum absolute atomic E-state index is 11.6. The number of nitrogens with zero attached hydrogens (tertiary/aromatic N) is 2. The average molecular weight is 401 g/mol.